The number of nitrogens with zero attached hydrogens (tertiary/aromatic N) is 1. The van der Waals surface area contributed by atoms with E-state index in [0.29, 0.717) is 17.0 Å². The fourth-order valence-corrected chi connectivity index (χ4v) is 2.17. The van der Waals surface area contributed by atoms with Gasteiger partial charge in [-0.1, -0.05) is 39.3 Å². The van der Waals surface area contributed by atoms with Crippen LogP contribution in [0.25, 0.3) is 0 Å². The minimum absolute atomic E-state index is 0.170. The largest absolute Gasteiger partial charge is 0.411 e. The molecule has 0 aromatic heterocycles. The van der Waals surface area contributed by atoms with E-state index in [1.54, 1.807) is 43.3 Å². The van der Waals surface area contributed by atoms with Crippen LogP contribution in [-0.2, 0) is 0 Å². The van der Waals surface area contributed by atoms with Crippen LogP contribution in [0.15, 0.2) is 52.1 Å². The van der Waals surface area contributed by atoms with E-state index < -0.39 is 0 Å². The summed E-state index contributed by atoms with van der Waals surface area (Å²) in [5.41, 5.74) is 3.68. The number of benzene rings is 2. The Hall–Kier alpha value is -2.14. The van der Waals surface area contributed by atoms with Crippen LogP contribution >= 0.6 is 15.9 Å². The molecule has 0 heterocycles. The van der Waals surface area contributed by atoms with E-state index in [9.17, 15) is 4.79 Å². The van der Waals surface area contributed by atoms with Gasteiger partial charge in [0.25, 0.3) is 5.91 Å². The fourth-order valence-electron chi connectivity index (χ4n) is 1.79. The Bertz CT molecular complexity index is 694. The first-order valence-corrected chi connectivity index (χ1v) is 7.17. The molecule has 2 aromatic rings. The number of oxime groups is 1. The summed E-state index contributed by atoms with van der Waals surface area (Å²) in [6.45, 7) is 3.67. The molecule has 5 heteroatoms. The number of rotatable bonds is 3. The minimum Gasteiger partial charge on any atom is -0.411 e. The van der Waals surface area contributed by atoms with E-state index in [1.807, 2.05) is 13.0 Å². The quantitative estimate of drug-likeness (QED) is 0.496. The second-order valence-corrected chi connectivity index (χ2v) is 5.54. The Balaban J connectivity index is 2.14. The highest BCUT2D eigenvalue weighted by atomic mass is 79.9. The van der Waals surface area contributed by atoms with E-state index in [4.69, 9.17) is 5.21 Å². The molecule has 0 aliphatic rings. The molecule has 108 valence electrons. The molecule has 4 nitrogen and oxygen atoms in total. The van der Waals surface area contributed by atoms with Crippen molar-refractivity contribution in [3.63, 3.8) is 0 Å². The molecule has 0 fully saturated rings. The van der Waals surface area contributed by atoms with Gasteiger partial charge in [0.2, 0.25) is 0 Å². The number of halogens is 1. The van der Waals surface area contributed by atoms with Gasteiger partial charge in [0.1, 0.15) is 0 Å². The Morgan fingerprint density at radius 2 is 1.76 bits per heavy atom. The van der Waals surface area contributed by atoms with Gasteiger partial charge in [0.05, 0.1) is 5.71 Å². The molecule has 0 saturated carbocycles. The van der Waals surface area contributed by atoms with Crippen LogP contribution in [0.2, 0.25) is 0 Å². The van der Waals surface area contributed by atoms with Crippen molar-refractivity contribution in [3.05, 3.63) is 63.6 Å². The van der Waals surface area contributed by atoms with Gasteiger partial charge in [-0.15, -0.1) is 0 Å². The number of carbonyl (C=O) groups excluding carboxylic acids is 1. The van der Waals surface area contributed by atoms with Crippen molar-refractivity contribution in [2.75, 3.05) is 5.32 Å². The summed E-state index contributed by atoms with van der Waals surface area (Å²) in [6.07, 6.45) is 0. The maximum Gasteiger partial charge on any atom is 0.255 e. The van der Waals surface area contributed by atoms with Gasteiger partial charge in [-0.2, -0.15) is 0 Å². The lowest BCUT2D eigenvalue weighted by atomic mass is 10.1. The van der Waals surface area contributed by atoms with Gasteiger partial charge in [0.15, 0.2) is 0 Å². The maximum atomic E-state index is 12.2. The number of hydrogen-bond donors (Lipinski definition) is 2. The molecule has 2 N–H and O–H groups in total. The second-order valence-electron chi connectivity index (χ2n) is 4.68. The molecule has 0 saturated heterocycles. The van der Waals surface area contributed by atoms with E-state index in [0.717, 1.165) is 15.6 Å². The normalized spacial score (nSPS) is 11.3. The summed E-state index contributed by atoms with van der Waals surface area (Å²) in [5, 5.41) is 14.7. The van der Waals surface area contributed by atoms with Crippen LogP contribution in [0.5, 0.6) is 0 Å². The third-order valence-corrected chi connectivity index (χ3v) is 4.00. The Kier molecular flexibility index (Phi) is 4.75. The number of anilines is 1. The molecule has 0 atom stereocenters. The van der Waals surface area contributed by atoms with Crippen LogP contribution in [0.3, 0.4) is 0 Å². The van der Waals surface area contributed by atoms with Crippen LogP contribution in [0, 0.1) is 6.92 Å². The molecule has 21 heavy (non-hydrogen) atoms. The molecule has 0 bridgehead atoms. The first kappa shape index (κ1) is 15.3. The van der Waals surface area contributed by atoms with E-state index in [-0.39, 0.29) is 5.91 Å². The molecule has 0 aliphatic carbocycles. The third-order valence-electron chi connectivity index (χ3n) is 3.14. The lowest BCUT2D eigenvalue weighted by Gasteiger charge is -2.07. The monoisotopic (exact) mass is 346 g/mol. The SMILES string of the molecule is C/C(=N/O)c1ccc(NC(=O)c2ccc(C)c(Br)c2)cc1. The first-order chi connectivity index (χ1) is 10.0. The first-order valence-electron chi connectivity index (χ1n) is 6.38. The van der Waals surface area contributed by atoms with Crippen LogP contribution in [-0.4, -0.2) is 16.8 Å². The van der Waals surface area contributed by atoms with Crippen LogP contribution < -0.4 is 5.32 Å². The van der Waals surface area contributed by atoms with Crippen molar-refractivity contribution in [1.82, 2.24) is 0 Å². The smallest absolute Gasteiger partial charge is 0.255 e. The molecule has 0 spiro atoms. The predicted molar refractivity (Wildman–Crippen MR) is 87.3 cm³/mol. The van der Waals surface area contributed by atoms with E-state index in [2.05, 4.69) is 26.4 Å². The number of aryl methyl sites for hydroxylation is 1. The standard InChI is InChI=1S/C16H15BrN2O2/c1-10-3-4-13(9-15(10)17)16(20)18-14-7-5-12(6-8-14)11(2)19-21/h3-9,21H,1-2H3,(H,18,20)/b19-11-. The molecular weight excluding hydrogens is 332 g/mol. The van der Waals surface area contributed by atoms with Crippen molar-refractivity contribution < 1.29 is 10.0 Å². The van der Waals surface area contributed by atoms with Gasteiger partial charge < -0.3 is 10.5 Å². The van der Waals surface area contributed by atoms with Crippen LogP contribution in [0.4, 0.5) is 5.69 Å². The summed E-state index contributed by atoms with van der Waals surface area (Å²) in [5.74, 6) is -0.170. The molecule has 2 aromatic carbocycles. The highest BCUT2D eigenvalue weighted by molar-refractivity contribution is 9.10. The molecule has 2 rings (SSSR count). The maximum absolute atomic E-state index is 12.2. The van der Waals surface area contributed by atoms with Crippen molar-refractivity contribution in [1.29, 1.82) is 0 Å². The van der Waals surface area contributed by atoms with Crippen LogP contribution in [0.1, 0.15) is 28.4 Å². The highest BCUT2D eigenvalue weighted by Crippen LogP contribution is 2.19. The third kappa shape index (κ3) is 3.70. The van der Waals surface area contributed by atoms with Gasteiger partial charge in [-0.05, 0) is 49.2 Å². The van der Waals surface area contributed by atoms with Gasteiger partial charge in [0, 0.05) is 15.7 Å². The second kappa shape index (κ2) is 6.54. The number of hydrogen-bond acceptors (Lipinski definition) is 3. The topological polar surface area (TPSA) is 61.7 Å². The Morgan fingerprint density at radius 3 is 2.33 bits per heavy atom. The Labute approximate surface area is 131 Å². The minimum atomic E-state index is -0.170. The van der Waals surface area contributed by atoms with Gasteiger partial charge in [-0.3, -0.25) is 4.79 Å². The van der Waals surface area contributed by atoms with Gasteiger partial charge in [-0.25, -0.2) is 0 Å². The molecule has 0 aliphatic heterocycles. The predicted octanol–water partition coefficient (Wildman–Crippen LogP) is 4.21. The summed E-state index contributed by atoms with van der Waals surface area (Å²) in [6, 6.07) is 12.6. The fraction of sp³-hybridized carbons (Fsp3) is 0.125. The Morgan fingerprint density at radius 1 is 1.14 bits per heavy atom. The zero-order valence-corrected chi connectivity index (χ0v) is 13.3. The lowest BCUT2D eigenvalue weighted by Crippen LogP contribution is -2.12. The van der Waals surface area contributed by atoms with E-state index >= 15 is 0 Å². The zero-order valence-electron chi connectivity index (χ0n) is 11.7. The number of amides is 1. The van der Waals surface area contributed by atoms with Crippen molar-refractivity contribution in [2.45, 2.75) is 13.8 Å². The molecule has 0 radical (unpaired) electrons. The number of carbonyl (C=O) groups is 1. The van der Waals surface area contributed by atoms with Crippen molar-refractivity contribution in [2.24, 2.45) is 5.16 Å². The molecule has 0 unspecified atom stereocenters. The average Bonchev–Trinajstić information content (AvgIpc) is 2.50. The number of nitrogens with one attached hydrogen (secondary N) is 1. The lowest BCUT2D eigenvalue weighted by molar-refractivity contribution is 0.102. The van der Waals surface area contributed by atoms with E-state index in [1.165, 1.54) is 0 Å². The zero-order chi connectivity index (χ0) is 15.4. The summed E-state index contributed by atoms with van der Waals surface area (Å²) >= 11 is 3.42. The average molecular weight is 347 g/mol. The highest BCUT2D eigenvalue weighted by Gasteiger charge is 2.08. The van der Waals surface area contributed by atoms with Crippen molar-refractivity contribution >= 4 is 33.2 Å². The molecule has 1 amide bonds. The summed E-state index contributed by atoms with van der Waals surface area (Å²) < 4.78 is 0.903. The summed E-state index contributed by atoms with van der Waals surface area (Å²) in [4.78, 5) is 12.2. The van der Waals surface area contributed by atoms with Crippen molar-refractivity contribution in [3.8, 4) is 0 Å². The summed E-state index contributed by atoms with van der Waals surface area (Å²) in [7, 11) is 0. The van der Waals surface area contributed by atoms with Gasteiger partial charge >= 0.3 is 0 Å². The molecular formula is C16H15BrN2O2.